The van der Waals surface area contributed by atoms with Crippen LogP contribution >= 0.6 is 0 Å². The lowest BCUT2D eigenvalue weighted by molar-refractivity contribution is -0.140. The SMILES string of the molecule is COC(=O)CC/C(=C\c1cccc(OC)c1)C(=O)OC. The van der Waals surface area contributed by atoms with Gasteiger partial charge in [-0.2, -0.15) is 0 Å². The second-order valence-corrected chi connectivity index (χ2v) is 4.01. The van der Waals surface area contributed by atoms with Crippen molar-refractivity contribution in [1.29, 1.82) is 0 Å². The van der Waals surface area contributed by atoms with Gasteiger partial charge in [0.15, 0.2) is 0 Å². The van der Waals surface area contributed by atoms with Gasteiger partial charge in [-0.25, -0.2) is 4.79 Å². The summed E-state index contributed by atoms with van der Waals surface area (Å²) in [6.07, 6.45) is 2.06. The second-order valence-electron chi connectivity index (χ2n) is 4.01. The quantitative estimate of drug-likeness (QED) is 0.589. The van der Waals surface area contributed by atoms with Crippen LogP contribution in [0.25, 0.3) is 6.08 Å². The molecule has 0 aromatic heterocycles. The summed E-state index contributed by atoms with van der Waals surface area (Å²) in [5.74, 6) is -0.141. The van der Waals surface area contributed by atoms with E-state index in [1.807, 2.05) is 18.2 Å². The van der Waals surface area contributed by atoms with E-state index >= 15 is 0 Å². The maximum atomic E-state index is 11.7. The van der Waals surface area contributed by atoms with E-state index < -0.39 is 5.97 Å². The van der Waals surface area contributed by atoms with Crippen molar-refractivity contribution in [3.8, 4) is 5.75 Å². The third-order valence-corrected chi connectivity index (χ3v) is 2.71. The van der Waals surface area contributed by atoms with Crippen LogP contribution in [0.5, 0.6) is 5.75 Å². The maximum absolute atomic E-state index is 11.7. The van der Waals surface area contributed by atoms with Crippen LogP contribution < -0.4 is 4.74 Å². The number of ether oxygens (including phenoxy) is 3. The average Bonchev–Trinajstić information content (AvgIpc) is 2.50. The molecule has 0 N–H and O–H groups in total. The molecule has 1 aromatic carbocycles. The van der Waals surface area contributed by atoms with Gasteiger partial charge in [0.2, 0.25) is 0 Å². The highest BCUT2D eigenvalue weighted by Crippen LogP contribution is 2.18. The molecule has 0 unspecified atom stereocenters. The Balaban J connectivity index is 2.93. The van der Waals surface area contributed by atoms with E-state index in [9.17, 15) is 9.59 Å². The first-order chi connectivity index (χ1) is 9.60. The molecule has 0 fully saturated rings. The number of hydrogen-bond acceptors (Lipinski definition) is 5. The van der Waals surface area contributed by atoms with Gasteiger partial charge in [0.1, 0.15) is 5.75 Å². The molecule has 5 heteroatoms. The molecular formula is C15H18O5. The molecule has 0 saturated heterocycles. The van der Waals surface area contributed by atoms with Crippen molar-refractivity contribution < 1.29 is 23.8 Å². The molecule has 0 aliphatic heterocycles. The fourth-order valence-corrected chi connectivity index (χ4v) is 1.64. The normalized spacial score (nSPS) is 10.8. The van der Waals surface area contributed by atoms with Gasteiger partial charge in [-0.15, -0.1) is 0 Å². The molecule has 1 aromatic rings. The molecule has 0 amide bonds. The smallest absolute Gasteiger partial charge is 0.333 e. The van der Waals surface area contributed by atoms with Crippen LogP contribution in [0.15, 0.2) is 29.8 Å². The molecule has 0 bridgehead atoms. The van der Waals surface area contributed by atoms with Crippen LogP contribution in [-0.4, -0.2) is 33.3 Å². The molecule has 0 radical (unpaired) electrons. The van der Waals surface area contributed by atoms with E-state index in [0.717, 1.165) is 5.56 Å². The Morgan fingerprint density at radius 1 is 1.10 bits per heavy atom. The van der Waals surface area contributed by atoms with Gasteiger partial charge in [0, 0.05) is 12.0 Å². The Morgan fingerprint density at radius 2 is 1.85 bits per heavy atom. The van der Waals surface area contributed by atoms with Gasteiger partial charge in [0.25, 0.3) is 0 Å². The summed E-state index contributed by atoms with van der Waals surface area (Å²) < 4.78 is 14.4. The van der Waals surface area contributed by atoms with E-state index in [1.165, 1.54) is 14.2 Å². The lowest BCUT2D eigenvalue weighted by Gasteiger charge is -2.06. The third-order valence-electron chi connectivity index (χ3n) is 2.71. The molecule has 0 spiro atoms. The van der Waals surface area contributed by atoms with Crippen LogP contribution in [0.3, 0.4) is 0 Å². The molecule has 0 heterocycles. The van der Waals surface area contributed by atoms with Crippen molar-refractivity contribution in [1.82, 2.24) is 0 Å². The molecule has 20 heavy (non-hydrogen) atoms. The summed E-state index contributed by atoms with van der Waals surface area (Å²) in [7, 11) is 4.19. The maximum Gasteiger partial charge on any atom is 0.333 e. The highest BCUT2D eigenvalue weighted by atomic mass is 16.5. The van der Waals surface area contributed by atoms with E-state index in [0.29, 0.717) is 11.3 Å². The second kappa shape index (κ2) is 7.99. The van der Waals surface area contributed by atoms with E-state index in [2.05, 4.69) is 4.74 Å². The number of carbonyl (C=O) groups is 2. The Kier molecular flexibility index (Phi) is 6.29. The fraction of sp³-hybridized carbons (Fsp3) is 0.333. The summed E-state index contributed by atoms with van der Waals surface area (Å²) in [6, 6.07) is 7.26. The Labute approximate surface area is 118 Å². The van der Waals surface area contributed by atoms with Crippen molar-refractivity contribution in [3.63, 3.8) is 0 Å². The zero-order chi connectivity index (χ0) is 15.0. The summed E-state index contributed by atoms with van der Waals surface area (Å²) >= 11 is 0. The van der Waals surface area contributed by atoms with Gasteiger partial charge in [-0.3, -0.25) is 4.79 Å². The lowest BCUT2D eigenvalue weighted by Crippen LogP contribution is -2.08. The van der Waals surface area contributed by atoms with Crippen LogP contribution in [0.4, 0.5) is 0 Å². The number of hydrogen-bond donors (Lipinski definition) is 0. The largest absolute Gasteiger partial charge is 0.497 e. The number of rotatable bonds is 6. The first-order valence-electron chi connectivity index (χ1n) is 6.10. The van der Waals surface area contributed by atoms with Crippen molar-refractivity contribution in [3.05, 3.63) is 35.4 Å². The van der Waals surface area contributed by atoms with Crippen molar-refractivity contribution >= 4 is 18.0 Å². The number of methoxy groups -OCH3 is 3. The van der Waals surface area contributed by atoms with Crippen molar-refractivity contribution in [2.45, 2.75) is 12.8 Å². The molecule has 0 aliphatic rings. The van der Waals surface area contributed by atoms with E-state index in [4.69, 9.17) is 9.47 Å². The fourth-order valence-electron chi connectivity index (χ4n) is 1.64. The number of benzene rings is 1. The summed E-state index contributed by atoms with van der Waals surface area (Å²) in [5.41, 5.74) is 1.21. The molecule has 0 atom stereocenters. The minimum atomic E-state index is -0.461. The van der Waals surface area contributed by atoms with Crippen LogP contribution in [0, 0.1) is 0 Å². The monoisotopic (exact) mass is 278 g/mol. The van der Waals surface area contributed by atoms with Crippen molar-refractivity contribution in [2.24, 2.45) is 0 Å². The highest BCUT2D eigenvalue weighted by molar-refractivity contribution is 5.94. The molecular weight excluding hydrogens is 260 g/mol. The predicted molar refractivity (Wildman–Crippen MR) is 74.2 cm³/mol. The number of esters is 2. The lowest BCUT2D eigenvalue weighted by atomic mass is 10.1. The summed E-state index contributed by atoms with van der Waals surface area (Å²) in [4.78, 5) is 22.9. The van der Waals surface area contributed by atoms with Gasteiger partial charge in [0.05, 0.1) is 21.3 Å². The Hall–Kier alpha value is -2.30. The van der Waals surface area contributed by atoms with Gasteiger partial charge in [-0.05, 0) is 30.2 Å². The van der Waals surface area contributed by atoms with Crippen LogP contribution in [0.1, 0.15) is 18.4 Å². The topological polar surface area (TPSA) is 61.8 Å². The van der Waals surface area contributed by atoms with E-state index in [1.54, 1.807) is 19.3 Å². The van der Waals surface area contributed by atoms with Gasteiger partial charge < -0.3 is 14.2 Å². The minimum Gasteiger partial charge on any atom is -0.497 e. The summed E-state index contributed by atoms with van der Waals surface area (Å²) in [5, 5.41) is 0. The Bertz CT molecular complexity index is 505. The average molecular weight is 278 g/mol. The van der Waals surface area contributed by atoms with Gasteiger partial charge >= 0.3 is 11.9 Å². The summed E-state index contributed by atoms with van der Waals surface area (Å²) in [6.45, 7) is 0. The molecule has 0 aliphatic carbocycles. The third kappa shape index (κ3) is 4.76. The van der Waals surface area contributed by atoms with Gasteiger partial charge in [-0.1, -0.05) is 12.1 Å². The first-order valence-corrected chi connectivity index (χ1v) is 6.10. The first kappa shape index (κ1) is 15.8. The minimum absolute atomic E-state index is 0.126. The standard InChI is InChI=1S/C15H18O5/c1-18-13-6-4-5-11(10-13)9-12(15(17)20-3)7-8-14(16)19-2/h4-6,9-10H,7-8H2,1-3H3/b12-9+. The predicted octanol–water partition coefficient (Wildman–Crippen LogP) is 2.20. The highest BCUT2D eigenvalue weighted by Gasteiger charge is 2.12. The van der Waals surface area contributed by atoms with Crippen molar-refractivity contribution in [2.75, 3.05) is 21.3 Å². The molecule has 1 rings (SSSR count). The Morgan fingerprint density at radius 3 is 2.45 bits per heavy atom. The number of carbonyl (C=O) groups excluding carboxylic acids is 2. The molecule has 0 saturated carbocycles. The zero-order valence-corrected chi connectivity index (χ0v) is 11.8. The molecule has 108 valence electrons. The van der Waals surface area contributed by atoms with E-state index in [-0.39, 0.29) is 18.8 Å². The zero-order valence-electron chi connectivity index (χ0n) is 11.8. The molecule has 5 nitrogen and oxygen atoms in total. The van der Waals surface area contributed by atoms with Crippen LogP contribution in [0.2, 0.25) is 0 Å². The van der Waals surface area contributed by atoms with Crippen LogP contribution in [-0.2, 0) is 19.1 Å².